The first kappa shape index (κ1) is 24.7. The molecule has 0 saturated heterocycles. The van der Waals surface area contributed by atoms with Gasteiger partial charge in [0, 0.05) is 29.0 Å². The lowest BCUT2D eigenvalue weighted by Gasteiger charge is -2.19. The van der Waals surface area contributed by atoms with Crippen LogP contribution in [0.2, 0.25) is 0 Å². The van der Waals surface area contributed by atoms with Crippen LogP contribution in [0.5, 0.6) is 5.75 Å². The number of hydrogen-bond donors (Lipinski definition) is 1. The van der Waals surface area contributed by atoms with E-state index in [0.717, 1.165) is 37.5 Å². The number of nitrogens with zero attached hydrogens (tertiary/aromatic N) is 3. The van der Waals surface area contributed by atoms with E-state index >= 15 is 0 Å². The second kappa shape index (κ2) is 9.65. The number of esters is 1. The molecule has 0 aliphatic rings. The summed E-state index contributed by atoms with van der Waals surface area (Å²) in [6, 6.07) is 8.28. The molecule has 0 bridgehead atoms. The lowest BCUT2D eigenvalue weighted by atomic mass is 10.1. The highest BCUT2D eigenvalue weighted by atomic mass is 32.1. The number of aryl methyl sites for hydroxylation is 2. The highest BCUT2D eigenvalue weighted by molar-refractivity contribution is 7.22. The molecule has 0 radical (unpaired) electrons. The average Bonchev–Trinajstić information content (AvgIpc) is 3.36. The van der Waals surface area contributed by atoms with Crippen LogP contribution in [0.25, 0.3) is 26.0 Å². The largest absolute Gasteiger partial charge is 0.495 e. The maximum Gasteiger partial charge on any atom is 0.306 e. The number of nitrogen functional groups attached to an aromatic ring is 1. The summed E-state index contributed by atoms with van der Waals surface area (Å²) >= 11 is 1.62. The zero-order chi connectivity index (χ0) is 25.3. The first-order valence-corrected chi connectivity index (χ1v) is 12.3. The van der Waals surface area contributed by atoms with Crippen molar-refractivity contribution >= 4 is 44.5 Å². The van der Waals surface area contributed by atoms with Gasteiger partial charge in [0.05, 0.1) is 18.2 Å². The van der Waals surface area contributed by atoms with Crippen LogP contribution in [0.15, 0.2) is 30.6 Å². The molecule has 0 saturated carbocycles. The van der Waals surface area contributed by atoms with Gasteiger partial charge < -0.3 is 15.2 Å². The van der Waals surface area contributed by atoms with Gasteiger partial charge in [-0.15, -0.1) is 11.3 Å². The van der Waals surface area contributed by atoms with E-state index < -0.39 is 5.60 Å². The Morgan fingerprint density at radius 3 is 2.60 bits per heavy atom. The molecule has 0 unspecified atom stereocenters. The van der Waals surface area contributed by atoms with Crippen molar-refractivity contribution in [2.24, 2.45) is 0 Å². The molecule has 0 aliphatic heterocycles. The van der Waals surface area contributed by atoms with Crippen molar-refractivity contribution in [3.05, 3.63) is 41.9 Å². The summed E-state index contributed by atoms with van der Waals surface area (Å²) in [7, 11) is 1.67. The normalized spacial score (nSPS) is 11.8. The van der Waals surface area contributed by atoms with E-state index in [9.17, 15) is 9.59 Å². The highest BCUT2D eigenvalue weighted by Gasteiger charge is 2.20. The lowest BCUT2D eigenvalue weighted by molar-refractivity contribution is -0.155. The van der Waals surface area contributed by atoms with Crippen LogP contribution in [0.3, 0.4) is 0 Å². The van der Waals surface area contributed by atoms with Crippen molar-refractivity contribution in [2.45, 2.75) is 59.0 Å². The number of ether oxygens (including phenoxy) is 2. The van der Waals surface area contributed by atoms with Crippen LogP contribution in [0.1, 0.15) is 51.3 Å². The Balaban J connectivity index is 1.59. The van der Waals surface area contributed by atoms with Gasteiger partial charge in [-0.05, 0) is 63.3 Å². The fourth-order valence-corrected chi connectivity index (χ4v) is 5.22. The van der Waals surface area contributed by atoms with Crippen molar-refractivity contribution in [1.29, 1.82) is 0 Å². The minimum Gasteiger partial charge on any atom is -0.495 e. The Morgan fingerprint density at radius 2 is 1.89 bits per heavy atom. The molecule has 4 aromatic rings. The average molecular weight is 495 g/mol. The number of thiophene rings is 1. The van der Waals surface area contributed by atoms with E-state index in [0.29, 0.717) is 17.8 Å². The number of Topliss-reactive ketones (excluding diaryl/α,β-unsaturated/α-hetero) is 1. The Labute approximate surface area is 208 Å². The van der Waals surface area contributed by atoms with E-state index in [1.165, 1.54) is 6.33 Å². The van der Waals surface area contributed by atoms with Gasteiger partial charge in [-0.1, -0.05) is 6.07 Å². The monoisotopic (exact) mass is 494 g/mol. The molecule has 3 aromatic heterocycles. The molecule has 184 valence electrons. The molecule has 0 atom stereocenters. The third-order valence-corrected chi connectivity index (χ3v) is 6.76. The summed E-state index contributed by atoms with van der Waals surface area (Å²) in [5.74, 6) is 0.839. The Kier molecular flexibility index (Phi) is 6.80. The van der Waals surface area contributed by atoms with Crippen LogP contribution in [-0.4, -0.2) is 39.1 Å². The van der Waals surface area contributed by atoms with E-state index in [2.05, 4.69) is 22.2 Å². The number of nitrogens with two attached hydrogens (primary N) is 1. The molecule has 8 nitrogen and oxygen atoms in total. The van der Waals surface area contributed by atoms with Crippen molar-refractivity contribution < 1.29 is 19.1 Å². The van der Waals surface area contributed by atoms with Crippen LogP contribution in [-0.2, 0) is 20.7 Å². The fraction of sp³-hybridized carbons (Fsp3) is 0.385. The third kappa shape index (κ3) is 5.45. The van der Waals surface area contributed by atoms with Gasteiger partial charge in [0.2, 0.25) is 0 Å². The number of anilines is 1. The Bertz CT molecular complexity index is 1410. The van der Waals surface area contributed by atoms with Crippen molar-refractivity contribution in [3.63, 3.8) is 0 Å². The fourth-order valence-electron chi connectivity index (χ4n) is 4.07. The van der Waals surface area contributed by atoms with Crippen molar-refractivity contribution in [3.8, 4) is 16.2 Å². The second-order valence-corrected chi connectivity index (χ2v) is 10.6. The van der Waals surface area contributed by atoms with E-state index in [-0.39, 0.29) is 31.0 Å². The molecule has 0 aliphatic carbocycles. The topological polar surface area (TPSA) is 109 Å². The lowest BCUT2D eigenvalue weighted by Crippen LogP contribution is -2.24. The van der Waals surface area contributed by atoms with Crippen LogP contribution < -0.4 is 10.5 Å². The highest BCUT2D eigenvalue weighted by Crippen LogP contribution is 2.42. The number of methoxy groups -OCH3 is 1. The Morgan fingerprint density at radius 1 is 1.11 bits per heavy atom. The molecule has 0 spiro atoms. The van der Waals surface area contributed by atoms with Crippen molar-refractivity contribution in [2.75, 3.05) is 12.8 Å². The van der Waals surface area contributed by atoms with Crippen LogP contribution >= 0.6 is 11.3 Å². The maximum atomic E-state index is 12.5. The standard InChI is InChI=1S/C26H30N4O4S/c1-15-10-16-12-21(35-24(16)20(11-15)33-5)19-13-17(30-23(19)25(27)28-14-29-30)6-7-18(31)8-9-22(32)34-26(2,3)4/h10-14H,6-9H2,1-5H3,(H2,27,28,29). The van der Waals surface area contributed by atoms with E-state index in [4.69, 9.17) is 15.2 Å². The van der Waals surface area contributed by atoms with Gasteiger partial charge in [-0.2, -0.15) is 5.10 Å². The number of carbonyl (C=O) groups is 2. The number of fused-ring (bicyclic) bond motifs is 2. The minimum absolute atomic E-state index is 0.00328. The number of hydrogen-bond acceptors (Lipinski definition) is 8. The molecule has 3 heterocycles. The zero-order valence-electron chi connectivity index (χ0n) is 20.7. The van der Waals surface area contributed by atoms with Gasteiger partial charge in [0.1, 0.15) is 29.0 Å². The molecular formula is C26H30N4O4S. The molecule has 4 rings (SSSR count). The molecule has 1 aromatic carbocycles. The van der Waals surface area contributed by atoms with Gasteiger partial charge in [-0.25, -0.2) is 9.50 Å². The molecule has 2 N–H and O–H groups in total. The predicted octanol–water partition coefficient (Wildman–Crippen LogP) is 5.13. The van der Waals surface area contributed by atoms with Gasteiger partial charge in [0.15, 0.2) is 5.82 Å². The number of carbonyl (C=O) groups excluding carboxylic acids is 2. The van der Waals surface area contributed by atoms with E-state index in [1.54, 1.807) is 23.0 Å². The summed E-state index contributed by atoms with van der Waals surface area (Å²) in [4.78, 5) is 29.6. The van der Waals surface area contributed by atoms with E-state index in [1.807, 2.05) is 39.8 Å². The molecule has 9 heteroatoms. The number of ketones is 1. The predicted molar refractivity (Wildman–Crippen MR) is 138 cm³/mol. The van der Waals surface area contributed by atoms with Crippen molar-refractivity contribution in [1.82, 2.24) is 14.6 Å². The minimum atomic E-state index is -0.559. The number of aromatic nitrogens is 3. The first-order chi connectivity index (χ1) is 16.6. The quantitative estimate of drug-likeness (QED) is 0.338. The summed E-state index contributed by atoms with van der Waals surface area (Å²) in [5, 5.41) is 5.50. The molecule has 0 fully saturated rings. The first-order valence-electron chi connectivity index (χ1n) is 11.5. The SMILES string of the molecule is COc1cc(C)cc2cc(-c3cc(CCC(=O)CCC(=O)OC(C)(C)C)n4ncnc(N)c34)sc12. The molecule has 0 amide bonds. The molecule has 35 heavy (non-hydrogen) atoms. The van der Waals surface area contributed by atoms with Crippen LogP contribution in [0, 0.1) is 6.92 Å². The summed E-state index contributed by atoms with van der Waals surface area (Å²) in [6.07, 6.45) is 2.40. The Hall–Kier alpha value is -3.46. The van der Waals surface area contributed by atoms with Gasteiger partial charge in [0.25, 0.3) is 0 Å². The number of rotatable bonds is 8. The summed E-state index contributed by atoms with van der Waals surface area (Å²) in [6.45, 7) is 7.47. The third-order valence-electron chi connectivity index (χ3n) is 5.56. The van der Waals surface area contributed by atoms with Gasteiger partial charge >= 0.3 is 5.97 Å². The molecular weight excluding hydrogens is 464 g/mol. The zero-order valence-corrected chi connectivity index (χ0v) is 21.5. The maximum absolute atomic E-state index is 12.5. The smallest absolute Gasteiger partial charge is 0.306 e. The summed E-state index contributed by atoms with van der Waals surface area (Å²) < 4.78 is 13.7. The number of benzene rings is 1. The van der Waals surface area contributed by atoms with Gasteiger partial charge in [-0.3, -0.25) is 9.59 Å². The van der Waals surface area contributed by atoms with Crippen LogP contribution in [0.4, 0.5) is 5.82 Å². The second-order valence-electron chi connectivity index (χ2n) is 9.58. The summed E-state index contributed by atoms with van der Waals surface area (Å²) in [5.41, 5.74) is 9.31.